The van der Waals surface area contributed by atoms with Gasteiger partial charge < -0.3 is 20.0 Å². The van der Waals surface area contributed by atoms with Gasteiger partial charge in [0.05, 0.1) is 60.8 Å². The maximum absolute atomic E-state index is 13.8. The summed E-state index contributed by atoms with van der Waals surface area (Å²) in [5.41, 5.74) is -0.902. The number of nitrogens with zero attached hydrogens (tertiary/aromatic N) is 4. The molecule has 12 nitrogen and oxygen atoms in total. The Morgan fingerprint density at radius 2 is 1.00 bits per heavy atom. The summed E-state index contributed by atoms with van der Waals surface area (Å²) in [6, 6.07) is 5.12. The van der Waals surface area contributed by atoms with E-state index in [0.717, 1.165) is 12.1 Å². The van der Waals surface area contributed by atoms with Gasteiger partial charge in [0.2, 0.25) is 11.6 Å². The molecule has 0 bridgehead atoms. The van der Waals surface area contributed by atoms with E-state index in [1.807, 2.05) is 0 Å². The number of hydrogen-bond acceptors (Lipinski definition) is 8. The number of fused-ring (bicyclic) bond motifs is 2. The third-order valence-electron chi connectivity index (χ3n) is 6.98. The second kappa shape index (κ2) is 7.83. The van der Waals surface area contributed by atoms with Gasteiger partial charge >= 0.3 is 0 Å². The van der Waals surface area contributed by atoms with E-state index in [9.17, 15) is 39.8 Å². The van der Waals surface area contributed by atoms with E-state index in [4.69, 9.17) is 0 Å². The van der Waals surface area contributed by atoms with Gasteiger partial charge in [-0.15, -0.1) is 0 Å². The van der Waals surface area contributed by atoms with Crippen molar-refractivity contribution in [2.45, 2.75) is 0 Å². The number of carbonyl (C=O) groups excluding carboxylic acids is 4. The minimum absolute atomic E-state index is 0.0565. The lowest BCUT2D eigenvalue weighted by molar-refractivity contribution is -1.08. The molecule has 2 amide bonds. The Hall–Kier alpha value is -3.84. The summed E-state index contributed by atoms with van der Waals surface area (Å²) >= 11 is 0. The Bertz CT molecular complexity index is 1260. The minimum atomic E-state index is -0.781. The van der Waals surface area contributed by atoms with Gasteiger partial charge in [0.25, 0.3) is 11.8 Å². The smallest absolute Gasteiger partial charge is 0.285 e. The number of likely N-dealkylation sites (N-methyl/N-ethyl adjacent to an activating group) is 2. The molecule has 2 aromatic carbocycles. The number of benzene rings is 2. The summed E-state index contributed by atoms with van der Waals surface area (Å²) in [7, 11) is 2.96. The van der Waals surface area contributed by atoms with Gasteiger partial charge in [0.1, 0.15) is 24.6 Å². The second-order valence-corrected chi connectivity index (χ2v) is 9.90. The molecule has 4 N–H and O–H groups in total. The maximum Gasteiger partial charge on any atom is 0.285 e. The lowest BCUT2D eigenvalue weighted by atomic mass is 9.80. The topological polar surface area (TPSA) is 156 Å². The Kier molecular flexibility index (Phi) is 5.20. The molecule has 0 radical (unpaired) electrons. The number of hydrogen-bond donors (Lipinski definition) is 4. The summed E-state index contributed by atoms with van der Waals surface area (Å²) in [6.07, 6.45) is 0. The zero-order chi connectivity index (χ0) is 26.2. The lowest BCUT2D eigenvalue weighted by Gasteiger charge is -2.38. The molecule has 3 aliphatic rings. The Balaban J connectivity index is 1.73. The normalized spacial score (nSPS) is 26.2. The van der Waals surface area contributed by atoms with E-state index in [2.05, 4.69) is 0 Å². The van der Waals surface area contributed by atoms with Crippen LogP contribution in [0.2, 0.25) is 0 Å². The van der Waals surface area contributed by atoms with Crippen molar-refractivity contribution in [1.29, 1.82) is 0 Å². The zero-order valence-electron chi connectivity index (χ0n) is 19.8. The van der Waals surface area contributed by atoms with Crippen LogP contribution in [0.5, 0.6) is 11.5 Å². The SMILES string of the molecule is C[N+]1(O)CCN(c2ccc(N3CC[N+](C)(O)CC3=O)c3c2C(=O)c2c(O)ccc(O)c2C3=O)C(=O)C1. The van der Waals surface area contributed by atoms with E-state index >= 15 is 0 Å². The number of quaternary nitrogens is 2. The van der Waals surface area contributed by atoms with Crippen molar-refractivity contribution in [2.75, 3.05) is 63.2 Å². The fourth-order valence-corrected chi connectivity index (χ4v) is 5.08. The number of anilines is 2. The quantitative estimate of drug-likeness (QED) is 0.289. The Labute approximate surface area is 205 Å². The molecule has 0 spiro atoms. The summed E-state index contributed by atoms with van der Waals surface area (Å²) in [5.74, 6) is -3.52. The Morgan fingerprint density at radius 3 is 1.33 bits per heavy atom. The van der Waals surface area contributed by atoms with E-state index in [1.165, 1.54) is 36.0 Å². The Morgan fingerprint density at radius 1 is 0.639 bits per heavy atom. The molecule has 2 aliphatic heterocycles. The lowest BCUT2D eigenvalue weighted by Crippen LogP contribution is -2.59. The molecule has 2 unspecified atom stereocenters. The van der Waals surface area contributed by atoms with Crippen LogP contribution >= 0.6 is 0 Å². The van der Waals surface area contributed by atoms with Crippen LogP contribution in [-0.2, 0) is 9.59 Å². The number of hydroxylamine groups is 6. The predicted octanol–water partition coefficient (Wildman–Crippen LogP) is 0.238. The molecular formula is C24H26N4O8+2. The van der Waals surface area contributed by atoms with Crippen LogP contribution in [0.25, 0.3) is 0 Å². The van der Waals surface area contributed by atoms with Gasteiger partial charge in [-0.25, -0.2) is 10.4 Å². The number of amides is 2. The van der Waals surface area contributed by atoms with Crippen LogP contribution in [-0.4, -0.2) is 107 Å². The highest BCUT2D eigenvalue weighted by Crippen LogP contribution is 2.44. The molecule has 36 heavy (non-hydrogen) atoms. The molecule has 2 saturated heterocycles. The van der Waals surface area contributed by atoms with Crippen molar-refractivity contribution in [1.82, 2.24) is 0 Å². The van der Waals surface area contributed by atoms with Gasteiger partial charge in [-0.1, -0.05) is 0 Å². The van der Waals surface area contributed by atoms with Crippen molar-refractivity contribution in [3.8, 4) is 11.5 Å². The first-order valence-electron chi connectivity index (χ1n) is 11.4. The number of rotatable bonds is 2. The number of ketones is 2. The monoisotopic (exact) mass is 498 g/mol. The first-order valence-corrected chi connectivity index (χ1v) is 11.4. The van der Waals surface area contributed by atoms with E-state index in [0.29, 0.717) is 0 Å². The number of aromatic hydroxyl groups is 2. The van der Waals surface area contributed by atoms with Crippen LogP contribution in [0.4, 0.5) is 11.4 Å². The fraction of sp³-hybridized carbons (Fsp3) is 0.333. The van der Waals surface area contributed by atoms with Gasteiger partial charge in [0, 0.05) is 0 Å². The van der Waals surface area contributed by atoms with Crippen molar-refractivity contribution < 1.29 is 49.1 Å². The largest absolute Gasteiger partial charge is 0.507 e. The number of phenols is 2. The number of phenolic OH excluding ortho intramolecular Hbond substituents is 2. The van der Waals surface area contributed by atoms with E-state index < -0.39 is 44.2 Å². The highest BCUT2D eigenvalue weighted by atomic mass is 16.5. The molecule has 188 valence electrons. The van der Waals surface area contributed by atoms with Crippen LogP contribution in [0.1, 0.15) is 31.8 Å². The van der Waals surface area contributed by atoms with Crippen molar-refractivity contribution in [3.63, 3.8) is 0 Å². The molecule has 12 heteroatoms. The standard InChI is InChI=1S/C24H24N4O8/c1-27(35)9-7-25(17(31)11-27)13-3-4-14(26-8-10-28(2,36)12-18(26)32)20-19(13)23(33)21-15(29)5-6-16(30)22(21)24(20)34/h3-6,35-36H,7-12H2,1-2H3/p+2. The molecule has 2 aromatic rings. The maximum atomic E-state index is 13.8. The molecule has 0 aromatic heterocycles. The molecule has 1 aliphatic carbocycles. The fourth-order valence-electron chi connectivity index (χ4n) is 5.08. The molecule has 2 atom stereocenters. The number of piperazine rings is 2. The third kappa shape index (κ3) is 3.62. The first kappa shape index (κ1) is 23.9. The number of carbonyl (C=O) groups is 4. The molecular weight excluding hydrogens is 472 g/mol. The van der Waals surface area contributed by atoms with Crippen molar-refractivity contribution >= 4 is 34.8 Å². The van der Waals surface area contributed by atoms with Crippen molar-refractivity contribution in [3.05, 3.63) is 46.5 Å². The van der Waals surface area contributed by atoms with Gasteiger partial charge in [0.15, 0.2) is 13.1 Å². The van der Waals surface area contributed by atoms with Crippen LogP contribution in [0.15, 0.2) is 24.3 Å². The third-order valence-corrected chi connectivity index (χ3v) is 6.98. The summed E-state index contributed by atoms with van der Waals surface area (Å²) in [6.45, 7) is -0.0466. The average Bonchev–Trinajstić information content (AvgIpc) is 2.77. The van der Waals surface area contributed by atoms with Crippen LogP contribution in [0.3, 0.4) is 0 Å². The van der Waals surface area contributed by atoms with Gasteiger partial charge in [-0.3, -0.25) is 19.2 Å². The minimum Gasteiger partial charge on any atom is -0.507 e. The predicted molar refractivity (Wildman–Crippen MR) is 123 cm³/mol. The van der Waals surface area contributed by atoms with Gasteiger partial charge in [-0.2, -0.15) is 9.29 Å². The average molecular weight is 498 g/mol. The van der Waals surface area contributed by atoms with Crippen molar-refractivity contribution in [2.24, 2.45) is 0 Å². The molecule has 2 heterocycles. The summed E-state index contributed by atoms with van der Waals surface area (Å²) in [4.78, 5) is 56.0. The zero-order valence-corrected chi connectivity index (χ0v) is 19.8. The highest BCUT2D eigenvalue weighted by Gasteiger charge is 2.44. The second-order valence-electron chi connectivity index (χ2n) is 9.90. The molecule has 0 saturated carbocycles. The summed E-state index contributed by atoms with van der Waals surface area (Å²) in [5, 5.41) is 41.4. The van der Waals surface area contributed by atoms with Crippen LogP contribution < -0.4 is 9.80 Å². The van der Waals surface area contributed by atoms with Gasteiger partial charge in [-0.05, 0) is 24.3 Å². The highest BCUT2D eigenvalue weighted by molar-refractivity contribution is 6.34. The first-order chi connectivity index (χ1) is 16.8. The van der Waals surface area contributed by atoms with Crippen LogP contribution in [0, 0.1) is 0 Å². The molecule has 2 fully saturated rings. The van der Waals surface area contributed by atoms with E-state index in [-0.39, 0.29) is 72.9 Å². The summed E-state index contributed by atoms with van der Waals surface area (Å²) < 4.78 is -1.05. The molecule has 5 rings (SSSR count). The van der Waals surface area contributed by atoms with E-state index in [1.54, 1.807) is 0 Å².